The van der Waals surface area contributed by atoms with Gasteiger partial charge >= 0.3 is 0 Å². The van der Waals surface area contributed by atoms with E-state index in [0.717, 1.165) is 4.88 Å². The molecule has 18 heavy (non-hydrogen) atoms. The van der Waals surface area contributed by atoms with Crippen LogP contribution in [0.5, 0.6) is 0 Å². The molecule has 0 fully saturated rings. The molecule has 0 aromatic carbocycles. The molecular weight excluding hydrogens is 294 g/mol. The van der Waals surface area contributed by atoms with Gasteiger partial charge in [-0.3, -0.25) is 4.79 Å². The zero-order valence-corrected chi connectivity index (χ0v) is 12.4. The van der Waals surface area contributed by atoms with Crippen molar-refractivity contribution in [3.8, 4) is 0 Å². The average molecular weight is 310 g/mol. The first-order chi connectivity index (χ1) is 8.52. The number of carbonyl (C=O) groups is 1. The molecular formula is C11H16ClNO3S2. The predicted octanol–water partition coefficient (Wildman–Crippen LogP) is 1.45. The Balaban J connectivity index is 2.28. The fourth-order valence-electron chi connectivity index (χ4n) is 1.20. The topological polar surface area (TPSA) is 60.8 Å². The van der Waals surface area contributed by atoms with Gasteiger partial charge in [-0.1, -0.05) is 11.6 Å². The Morgan fingerprint density at radius 3 is 2.89 bits per heavy atom. The van der Waals surface area contributed by atoms with Gasteiger partial charge in [0.05, 0.1) is 29.3 Å². The Morgan fingerprint density at radius 1 is 1.61 bits per heavy atom. The van der Waals surface area contributed by atoms with Crippen LogP contribution in [-0.4, -0.2) is 52.3 Å². The van der Waals surface area contributed by atoms with E-state index in [0.29, 0.717) is 22.4 Å². The van der Waals surface area contributed by atoms with E-state index < -0.39 is 6.10 Å². The minimum Gasteiger partial charge on any atom is -0.394 e. The summed E-state index contributed by atoms with van der Waals surface area (Å²) in [4.78, 5) is 14.4. The number of thiophene rings is 1. The van der Waals surface area contributed by atoms with Crippen LogP contribution >= 0.6 is 34.7 Å². The summed E-state index contributed by atoms with van der Waals surface area (Å²) < 4.78 is 0.714. The summed E-state index contributed by atoms with van der Waals surface area (Å²) in [5, 5.41) is 17.8. The number of halogens is 1. The van der Waals surface area contributed by atoms with Crippen molar-refractivity contribution in [1.82, 2.24) is 4.90 Å². The SMILES string of the molecule is CN(Cc1ccc(Cl)s1)C(=O)CSCC(O)CO. The van der Waals surface area contributed by atoms with Crippen molar-refractivity contribution in [1.29, 1.82) is 0 Å². The molecule has 1 aromatic heterocycles. The molecule has 1 unspecified atom stereocenters. The van der Waals surface area contributed by atoms with Crippen molar-refractivity contribution >= 4 is 40.6 Å². The first-order valence-corrected chi connectivity index (χ1v) is 7.72. The van der Waals surface area contributed by atoms with E-state index >= 15 is 0 Å². The second-order valence-corrected chi connectivity index (χ2v) is 6.64. The van der Waals surface area contributed by atoms with Gasteiger partial charge in [0, 0.05) is 17.7 Å². The van der Waals surface area contributed by atoms with Crippen molar-refractivity contribution in [3.63, 3.8) is 0 Å². The van der Waals surface area contributed by atoms with Crippen LogP contribution in [0.2, 0.25) is 4.34 Å². The number of nitrogens with zero attached hydrogens (tertiary/aromatic N) is 1. The molecule has 1 amide bonds. The maximum atomic E-state index is 11.8. The minimum absolute atomic E-state index is 0.00494. The number of hydrogen-bond acceptors (Lipinski definition) is 5. The lowest BCUT2D eigenvalue weighted by atomic mass is 10.4. The first-order valence-electron chi connectivity index (χ1n) is 5.37. The number of amides is 1. The summed E-state index contributed by atoms with van der Waals surface area (Å²) in [6, 6.07) is 3.71. The largest absolute Gasteiger partial charge is 0.394 e. The summed E-state index contributed by atoms with van der Waals surface area (Å²) in [5.74, 6) is 0.655. The van der Waals surface area contributed by atoms with E-state index in [1.807, 2.05) is 12.1 Å². The summed E-state index contributed by atoms with van der Waals surface area (Å²) >= 11 is 8.59. The van der Waals surface area contributed by atoms with Crippen LogP contribution in [0, 0.1) is 0 Å². The number of hydrogen-bond donors (Lipinski definition) is 2. The van der Waals surface area contributed by atoms with E-state index in [9.17, 15) is 4.79 Å². The average Bonchev–Trinajstić information content (AvgIpc) is 2.74. The van der Waals surface area contributed by atoms with E-state index in [2.05, 4.69) is 0 Å². The standard InChI is InChI=1S/C11H16ClNO3S2/c1-13(4-9-2-3-10(12)18-9)11(16)7-17-6-8(15)5-14/h2-3,8,14-15H,4-7H2,1H3. The molecule has 1 atom stereocenters. The second-order valence-electron chi connectivity index (χ2n) is 3.81. The van der Waals surface area contributed by atoms with Crippen LogP contribution in [0.15, 0.2) is 12.1 Å². The van der Waals surface area contributed by atoms with E-state index in [-0.39, 0.29) is 12.5 Å². The van der Waals surface area contributed by atoms with Crippen molar-refractivity contribution < 1.29 is 15.0 Å². The molecule has 0 saturated heterocycles. The van der Waals surface area contributed by atoms with Gasteiger partial charge in [-0.05, 0) is 12.1 Å². The summed E-state index contributed by atoms with van der Waals surface area (Å²) in [6.45, 7) is 0.268. The molecule has 1 rings (SSSR count). The van der Waals surface area contributed by atoms with Crippen LogP contribution in [0.3, 0.4) is 0 Å². The van der Waals surface area contributed by atoms with Gasteiger partial charge < -0.3 is 15.1 Å². The molecule has 1 heterocycles. The fourth-order valence-corrected chi connectivity index (χ4v) is 3.24. The third kappa shape index (κ3) is 5.58. The quantitative estimate of drug-likeness (QED) is 0.800. The third-order valence-electron chi connectivity index (χ3n) is 2.19. The van der Waals surface area contributed by atoms with E-state index in [1.54, 1.807) is 11.9 Å². The predicted molar refractivity (Wildman–Crippen MR) is 76.2 cm³/mol. The lowest BCUT2D eigenvalue weighted by molar-refractivity contribution is -0.127. The molecule has 0 saturated carbocycles. The zero-order valence-electron chi connectivity index (χ0n) is 10.0. The highest BCUT2D eigenvalue weighted by Crippen LogP contribution is 2.22. The molecule has 1 aromatic rings. The first kappa shape index (κ1) is 15.8. The van der Waals surface area contributed by atoms with Crippen molar-refractivity contribution in [3.05, 3.63) is 21.3 Å². The monoisotopic (exact) mass is 309 g/mol. The lowest BCUT2D eigenvalue weighted by Gasteiger charge is -2.16. The number of carbonyl (C=O) groups excluding carboxylic acids is 1. The summed E-state index contributed by atoms with van der Waals surface area (Å²) in [6.07, 6.45) is -0.760. The molecule has 4 nitrogen and oxygen atoms in total. The van der Waals surface area contributed by atoms with Crippen molar-refractivity contribution in [2.24, 2.45) is 0 Å². The van der Waals surface area contributed by atoms with Gasteiger partial charge in [0.1, 0.15) is 0 Å². The van der Waals surface area contributed by atoms with Gasteiger partial charge in [0.25, 0.3) is 0 Å². The zero-order chi connectivity index (χ0) is 13.5. The molecule has 0 aliphatic rings. The number of rotatable bonds is 7. The van der Waals surface area contributed by atoms with Crippen LogP contribution in [0.25, 0.3) is 0 Å². The van der Waals surface area contributed by atoms with Gasteiger partial charge in [-0.15, -0.1) is 23.1 Å². The molecule has 0 aliphatic heterocycles. The van der Waals surface area contributed by atoms with Gasteiger partial charge in [0.2, 0.25) is 5.91 Å². The lowest BCUT2D eigenvalue weighted by Crippen LogP contribution is -2.28. The molecule has 0 bridgehead atoms. The molecule has 0 aliphatic carbocycles. The van der Waals surface area contributed by atoms with Gasteiger partial charge in [-0.25, -0.2) is 0 Å². The second kappa shape index (κ2) is 8.01. The van der Waals surface area contributed by atoms with E-state index in [4.69, 9.17) is 21.8 Å². The van der Waals surface area contributed by atoms with Crippen LogP contribution < -0.4 is 0 Å². The maximum Gasteiger partial charge on any atom is 0.232 e. The number of thioether (sulfide) groups is 1. The molecule has 7 heteroatoms. The summed E-state index contributed by atoms with van der Waals surface area (Å²) in [5.41, 5.74) is 0. The maximum absolute atomic E-state index is 11.8. The van der Waals surface area contributed by atoms with Crippen LogP contribution in [0.1, 0.15) is 4.88 Å². The number of aliphatic hydroxyl groups is 2. The van der Waals surface area contributed by atoms with Crippen LogP contribution in [-0.2, 0) is 11.3 Å². The molecule has 0 radical (unpaired) electrons. The highest BCUT2D eigenvalue weighted by Gasteiger charge is 2.11. The van der Waals surface area contributed by atoms with Crippen molar-refractivity contribution in [2.45, 2.75) is 12.6 Å². The highest BCUT2D eigenvalue weighted by atomic mass is 35.5. The summed E-state index contributed by atoms with van der Waals surface area (Å²) in [7, 11) is 1.74. The normalized spacial score (nSPS) is 12.4. The molecule has 2 N–H and O–H groups in total. The molecule has 0 spiro atoms. The number of aliphatic hydroxyl groups excluding tert-OH is 2. The third-order valence-corrected chi connectivity index (χ3v) is 4.48. The van der Waals surface area contributed by atoms with E-state index in [1.165, 1.54) is 23.1 Å². The Labute approximate surface area is 120 Å². The van der Waals surface area contributed by atoms with Crippen molar-refractivity contribution in [2.75, 3.05) is 25.2 Å². The Kier molecular flexibility index (Phi) is 7.03. The van der Waals surface area contributed by atoms with Crippen LogP contribution in [0.4, 0.5) is 0 Å². The smallest absolute Gasteiger partial charge is 0.232 e. The van der Waals surface area contributed by atoms with Gasteiger partial charge in [0.15, 0.2) is 0 Å². The Bertz CT molecular complexity index is 386. The Morgan fingerprint density at radius 2 is 2.33 bits per heavy atom. The minimum atomic E-state index is -0.760. The highest BCUT2D eigenvalue weighted by molar-refractivity contribution is 7.99. The fraction of sp³-hybridized carbons (Fsp3) is 0.545. The van der Waals surface area contributed by atoms with Gasteiger partial charge in [-0.2, -0.15) is 0 Å². The Hall–Kier alpha value is -0.270. The molecule has 102 valence electrons.